The third-order valence-corrected chi connectivity index (χ3v) is 3.49. The van der Waals surface area contributed by atoms with Crippen LogP contribution in [0.4, 0.5) is 11.6 Å². The fraction of sp³-hybridized carbons (Fsp3) is 0.692. The van der Waals surface area contributed by atoms with Gasteiger partial charge in [0.1, 0.15) is 0 Å². The molecule has 0 atom stereocenters. The summed E-state index contributed by atoms with van der Waals surface area (Å²) in [6, 6.07) is 0. The van der Waals surface area contributed by atoms with Crippen LogP contribution in [0.25, 0.3) is 0 Å². The second kappa shape index (κ2) is 5.34. The molecule has 0 unspecified atom stereocenters. The van der Waals surface area contributed by atoms with E-state index in [0.717, 1.165) is 29.6 Å². The zero-order valence-corrected chi connectivity index (χ0v) is 10.8. The van der Waals surface area contributed by atoms with Crippen molar-refractivity contribution in [2.24, 2.45) is 0 Å². The highest BCUT2D eigenvalue weighted by Gasteiger charge is 2.21. The number of anilines is 2. The Kier molecular flexibility index (Phi) is 3.82. The molecule has 0 aliphatic heterocycles. The molecule has 1 heterocycles. The number of aromatic nitrogens is 2. The molecule has 0 aromatic carbocycles. The van der Waals surface area contributed by atoms with E-state index in [0.29, 0.717) is 5.92 Å². The average Bonchev–Trinajstić information content (AvgIpc) is 2.35. The van der Waals surface area contributed by atoms with Crippen molar-refractivity contribution in [3.63, 3.8) is 0 Å². The van der Waals surface area contributed by atoms with Crippen molar-refractivity contribution in [2.45, 2.75) is 51.9 Å². The summed E-state index contributed by atoms with van der Waals surface area (Å²) >= 11 is 0. The number of aryl methyl sites for hydroxylation is 1. The molecular weight excluding hydrogens is 212 g/mol. The minimum Gasteiger partial charge on any atom is -0.396 e. The van der Waals surface area contributed by atoms with Crippen LogP contribution in [-0.2, 0) is 0 Å². The van der Waals surface area contributed by atoms with Gasteiger partial charge in [0, 0.05) is 12.5 Å². The zero-order chi connectivity index (χ0) is 12.3. The Hall–Kier alpha value is -1.32. The molecule has 1 saturated carbocycles. The molecule has 0 spiro atoms. The predicted molar refractivity (Wildman–Crippen MR) is 71.2 cm³/mol. The molecule has 1 aliphatic rings. The van der Waals surface area contributed by atoms with E-state index in [1.165, 1.54) is 32.1 Å². The maximum absolute atomic E-state index is 6.13. The Bertz CT molecular complexity index is 383. The SMILES string of the molecule is CCNc1nc(C)c(N)c(C2CCCCC2)n1. The van der Waals surface area contributed by atoms with Gasteiger partial charge in [0.2, 0.25) is 5.95 Å². The van der Waals surface area contributed by atoms with E-state index in [1.807, 2.05) is 6.92 Å². The van der Waals surface area contributed by atoms with Gasteiger partial charge in [-0.1, -0.05) is 19.3 Å². The third-order valence-electron chi connectivity index (χ3n) is 3.49. The third kappa shape index (κ3) is 2.68. The van der Waals surface area contributed by atoms with Crippen LogP contribution in [0.3, 0.4) is 0 Å². The molecule has 2 rings (SSSR count). The van der Waals surface area contributed by atoms with Crippen LogP contribution < -0.4 is 11.1 Å². The summed E-state index contributed by atoms with van der Waals surface area (Å²) in [4.78, 5) is 8.97. The Morgan fingerprint density at radius 2 is 1.94 bits per heavy atom. The fourth-order valence-corrected chi connectivity index (χ4v) is 2.53. The first-order valence-electron chi connectivity index (χ1n) is 6.60. The average molecular weight is 234 g/mol. The lowest BCUT2D eigenvalue weighted by Crippen LogP contribution is -2.14. The summed E-state index contributed by atoms with van der Waals surface area (Å²) in [5, 5.41) is 3.18. The highest BCUT2D eigenvalue weighted by atomic mass is 15.1. The van der Waals surface area contributed by atoms with Gasteiger partial charge in [-0.25, -0.2) is 9.97 Å². The molecule has 94 valence electrons. The molecule has 1 aliphatic carbocycles. The monoisotopic (exact) mass is 234 g/mol. The van der Waals surface area contributed by atoms with Crippen molar-refractivity contribution in [3.8, 4) is 0 Å². The van der Waals surface area contributed by atoms with Crippen LogP contribution in [-0.4, -0.2) is 16.5 Å². The second-order valence-corrected chi connectivity index (χ2v) is 4.80. The van der Waals surface area contributed by atoms with Crippen molar-refractivity contribution in [1.82, 2.24) is 9.97 Å². The van der Waals surface area contributed by atoms with E-state index in [1.54, 1.807) is 0 Å². The standard InChI is InChI=1S/C13H22N4/c1-3-15-13-16-9(2)11(14)12(17-13)10-7-5-4-6-8-10/h10H,3-8,14H2,1-2H3,(H,15,16,17). The van der Waals surface area contributed by atoms with Crippen LogP contribution >= 0.6 is 0 Å². The van der Waals surface area contributed by atoms with Gasteiger partial charge in [0.15, 0.2) is 0 Å². The molecule has 3 N–H and O–H groups in total. The van der Waals surface area contributed by atoms with Crippen molar-refractivity contribution in [1.29, 1.82) is 0 Å². The first-order valence-corrected chi connectivity index (χ1v) is 6.60. The summed E-state index contributed by atoms with van der Waals surface area (Å²) in [7, 11) is 0. The number of rotatable bonds is 3. The normalized spacial score (nSPS) is 17.1. The Balaban J connectivity index is 2.29. The van der Waals surface area contributed by atoms with Crippen molar-refractivity contribution < 1.29 is 0 Å². The smallest absolute Gasteiger partial charge is 0.223 e. The van der Waals surface area contributed by atoms with Crippen molar-refractivity contribution in [3.05, 3.63) is 11.4 Å². The van der Waals surface area contributed by atoms with Gasteiger partial charge >= 0.3 is 0 Å². The molecule has 4 nitrogen and oxygen atoms in total. The second-order valence-electron chi connectivity index (χ2n) is 4.80. The van der Waals surface area contributed by atoms with Gasteiger partial charge in [0.25, 0.3) is 0 Å². The Morgan fingerprint density at radius 1 is 1.24 bits per heavy atom. The van der Waals surface area contributed by atoms with Gasteiger partial charge in [-0.3, -0.25) is 0 Å². The lowest BCUT2D eigenvalue weighted by molar-refractivity contribution is 0.437. The lowest BCUT2D eigenvalue weighted by atomic mass is 9.86. The first-order chi connectivity index (χ1) is 8.22. The van der Waals surface area contributed by atoms with E-state index in [4.69, 9.17) is 5.73 Å². The molecular formula is C13H22N4. The Morgan fingerprint density at radius 3 is 2.59 bits per heavy atom. The highest BCUT2D eigenvalue weighted by molar-refractivity contribution is 5.51. The largest absolute Gasteiger partial charge is 0.396 e. The number of nitrogen functional groups attached to an aromatic ring is 1. The van der Waals surface area contributed by atoms with Crippen molar-refractivity contribution >= 4 is 11.6 Å². The molecule has 0 amide bonds. The minimum atomic E-state index is 0.530. The van der Waals surface area contributed by atoms with Gasteiger partial charge in [-0.05, 0) is 26.7 Å². The lowest BCUT2D eigenvalue weighted by Gasteiger charge is -2.23. The van der Waals surface area contributed by atoms with Crippen LogP contribution in [0.2, 0.25) is 0 Å². The van der Waals surface area contributed by atoms with Gasteiger partial charge in [-0.2, -0.15) is 0 Å². The number of nitrogens with one attached hydrogen (secondary N) is 1. The number of nitrogens with zero attached hydrogens (tertiary/aromatic N) is 2. The van der Waals surface area contributed by atoms with Gasteiger partial charge in [-0.15, -0.1) is 0 Å². The van der Waals surface area contributed by atoms with Crippen LogP contribution in [0, 0.1) is 6.92 Å². The number of hydrogen-bond acceptors (Lipinski definition) is 4. The topological polar surface area (TPSA) is 63.8 Å². The van der Waals surface area contributed by atoms with E-state index in [-0.39, 0.29) is 0 Å². The zero-order valence-electron chi connectivity index (χ0n) is 10.8. The van der Waals surface area contributed by atoms with Gasteiger partial charge < -0.3 is 11.1 Å². The molecule has 1 aromatic heterocycles. The molecule has 1 fully saturated rings. The Labute approximate surface area is 103 Å². The molecule has 0 saturated heterocycles. The highest BCUT2D eigenvalue weighted by Crippen LogP contribution is 2.35. The van der Waals surface area contributed by atoms with Crippen LogP contribution in [0.15, 0.2) is 0 Å². The molecule has 0 radical (unpaired) electrons. The quantitative estimate of drug-likeness (QED) is 0.844. The minimum absolute atomic E-state index is 0.530. The van der Waals surface area contributed by atoms with E-state index in [9.17, 15) is 0 Å². The van der Waals surface area contributed by atoms with Crippen molar-refractivity contribution in [2.75, 3.05) is 17.6 Å². The summed E-state index contributed by atoms with van der Waals surface area (Å²) < 4.78 is 0. The molecule has 4 heteroatoms. The summed E-state index contributed by atoms with van der Waals surface area (Å²) in [5.41, 5.74) is 8.88. The van der Waals surface area contributed by atoms with E-state index in [2.05, 4.69) is 22.2 Å². The van der Waals surface area contributed by atoms with Crippen LogP contribution in [0.1, 0.15) is 56.3 Å². The predicted octanol–water partition coefficient (Wildman–Crippen LogP) is 2.85. The van der Waals surface area contributed by atoms with E-state index < -0.39 is 0 Å². The van der Waals surface area contributed by atoms with Crippen LogP contribution in [0.5, 0.6) is 0 Å². The molecule has 0 bridgehead atoms. The molecule has 17 heavy (non-hydrogen) atoms. The first kappa shape index (κ1) is 12.1. The maximum atomic E-state index is 6.13. The number of hydrogen-bond donors (Lipinski definition) is 2. The number of nitrogens with two attached hydrogens (primary N) is 1. The van der Waals surface area contributed by atoms with E-state index >= 15 is 0 Å². The molecule has 1 aromatic rings. The summed E-state index contributed by atoms with van der Waals surface area (Å²) in [6.45, 7) is 4.85. The van der Waals surface area contributed by atoms with Gasteiger partial charge in [0.05, 0.1) is 17.1 Å². The summed E-state index contributed by atoms with van der Waals surface area (Å²) in [6.07, 6.45) is 6.37. The maximum Gasteiger partial charge on any atom is 0.223 e. The fourth-order valence-electron chi connectivity index (χ4n) is 2.53. The summed E-state index contributed by atoms with van der Waals surface area (Å²) in [5.74, 6) is 1.25.